The van der Waals surface area contributed by atoms with Crippen molar-refractivity contribution in [1.29, 1.82) is 0 Å². The third-order valence-electron chi connectivity index (χ3n) is 4.26. The molecule has 1 saturated heterocycles. The van der Waals surface area contributed by atoms with Gasteiger partial charge in [0.2, 0.25) is 0 Å². The molecule has 1 fully saturated rings. The van der Waals surface area contributed by atoms with Gasteiger partial charge < -0.3 is 10.2 Å². The first-order valence-corrected chi connectivity index (χ1v) is 8.75. The molecule has 25 heavy (non-hydrogen) atoms. The Morgan fingerprint density at radius 1 is 1.28 bits per heavy atom. The van der Waals surface area contributed by atoms with Gasteiger partial charge in [0.05, 0.1) is 0 Å². The zero-order chi connectivity index (χ0) is 16.2. The molecule has 2 heterocycles. The number of carbonyl (C=O) groups is 1. The van der Waals surface area contributed by atoms with Crippen LogP contribution in [0.5, 0.6) is 0 Å². The van der Waals surface area contributed by atoms with Crippen LogP contribution >= 0.6 is 36.6 Å². The minimum absolute atomic E-state index is 0. The van der Waals surface area contributed by atoms with Crippen molar-refractivity contribution in [2.45, 2.75) is 36.8 Å². The van der Waals surface area contributed by atoms with Gasteiger partial charge in [-0.1, -0.05) is 23.9 Å². The van der Waals surface area contributed by atoms with Crippen molar-refractivity contribution in [3.05, 3.63) is 41.7 Å². The molecule has 0 saturated carbocycles. The summed E-state index contributed by atoms with van der Waals surface area (Å²) < 4.78 is 0. The number of aromatic nitrogens is 3. The van der Waals surface area contributed by atoms with Crippen LogP contribution in [-0.4, -0.2) is 51.2 Å². The molecule has 3 rings (SSSR count). The number of rotatable bonds is 4. The van der Waals surface area contributed by atoms with E-state index in [2.05, 4.69) is 34.3 Å². The monoisotopic (exact) mass is 403 g/mol. The van der Waals surface area contributed by atoms with Gasteiger partial charge in [0, 0.05) is 36.5 Å². The molecule has 0 radical (unpaired) electrons. The van der Waals surface area contributed by atoms with E-state index in [9.17, 15) is 4.79 Å². The lowest BCUT2D eigenvalue weighted by atomic mass is 10.0. The van der Waals surface area contributed by atoms with E-state index in [0.29, 0.717) is 6.04 Å². The Morgan fingerprint density at radius 2 is 2.00 bits per heavy atom. The lowest BCUT2D eigenvalue weighted by molar-refractivity contribution is 0.0603. The number of piperazine rings is 1. The van der Waals surface area contributed by atoms with E-state index in [1.54, 1.807) is 11.8 Å². The van der Waals surface area contributed by atoms with Crippen LogP contribution in [0.2, 0.25) is 0 Å². The van der Waals surface area contributed by atoms with Crippen molar-refractivity contribution in [2.24, 2.45) is 0 Å². The molecule has 138 valence electrons. The van der Waals surface area contributed by atoms with E-state index in [0.717, 1.165) is 35.1 Å². The van der Waals surface area contributed by atoms with Crippen molar-refractivity contribution in [3.8, 4) is 0 Å². The number of carbonyl (C=O) groups excluding carboxylic acids is 1. The summed E-state index contributed by atoms with van der Waals surface area (Å²) in [6, 6.07) is 8.37. The first-order chi connectivity index (χ1) is 11.1. The largest absolute Gasteiger partial charge is 0.333 e. The van der Waals surface area contributed by atoms with Gasteiger partial charge in [0.1, 0.15) is 6.33 Å². The van der Waals surface area contributed by atoms with Gasteiger partial charge in [-0.2, -0.15) is 5.10 Å². The van der Waals surface area contributed by atoms with Crippen LogP contribution in [0.4, 0.5) is 0 Å². The highest BCUT2D eigenvalue weighted by Gasteiger charge is 2.28. The van der Waals surface area contributed by atoms with Gasteiger partial charge in [-0.3, -0.25) is 9.89 Å². The molecule has 1 aromatic heterocycles. The molecule has 6 nitrogen and oxygen atoms in total. The fourth-order valence-corrected chi connectivity index (χ4v) is 3.40. The van der Waals surface area contributed by atoms with Gasteiger partial charge in [0.25, 0.3) is 5.91 Å². The van der Waals surface area contributed by atoms with Crippen LogP contribution in [0.25, 0.3) is 0 Å². The fourth-order valence-electron chi connectivity index (χ4n) is 2.67. The van der Waals surface area contributed by atoms with Gasteiger partial charge in [-0.15, -0.1) is 24.8 Å². The van der Waals surface area contributed by atoms with Crippen LogP contribution in [-0.2, 0) is 5.75 Å². The average molecular weight is 404 g/mol. The number of hydrogen-bond acceptors (Lipinski definition) is 5. The summed E-state index contributed by atoms with van der Waals surface area (Å²) in [6.07, 6.45) is 1.50. The summed E-state index contributed by atoms with van der Waals surface area (Å²) in [5.41, 5.74) is 1.91. The number of hydrogen-bond donors (Lipinski definition) is 2. The summed E-state index contributed by atoms with van der Waals surface area (Å²) >= 11 is 1.59. The summed E-state index contributed by atoms with van der Waals surface area (Å²) in [5.74, 6) is 0.908. The maximum Gasteiger partial charge on any atom is 0.254 e. The molecule has 2 aromatic rings. The number of halogens is 2. The van der Waals surface area contributed by atoms with Crippen molar-refractivity contribution in [3.63, 3.8) is 0 Å². The van der Waals surface area contributed by atoms with Crippen molar-refractivity contribution in [2.75, 3.05) is 13.1 Å². The Balaban J connectivity index is 0.00000156. The Labute approximate surface area is 164 Å². The third kappa shape index (κ3) is 5.34. The zero-order valence-electron chi connectivity index (χ0n) is 14.1. The fraction of sp³-hybridized carbons (Fsp3) is 0.438. The highest BCUT2D eigenvalue weighted by Crippen LogP contribution is 2.20. The molecule has 1 aromatic carbocycles. The summed E-state index contributed by atoms with van der Waals surface area (Å²) in [5, 5.41) is 10.8. The second-order valence-corrected chi connectivity index (χ2v) is 6.72. The molecule has 1 amide bonds. The van der Waals surface area contributed by atoms with Crippen LogP contribution in [0.1, 0.15) is 29.8 Å². The molecule has 2 unspecified atom stereocenters. The van der Waals surface area contributed by atoms with E-state index < -0.39 is 0 Å². The van der Waals surface area contributed by atoms with Gasteiger partial charge in [-0.25, -0.2) is 4.98 Å². The van der Waals surface area contributed by atoms with Crippen LogP contribution in [0.3, 0.4) is 0 Å². The smallest absolute Gasteiger partial charge is 0.254 e. The topological polar surface area (TPSA) is 73.9 Å². The number of aromatic amines is 1. The number of nitrogens with one attached hydrogen (secondary N) is 2. The summed E-state index contributed by atoms with van der Waals surface area (Å²) in [4.78, 5) is 18.7. The van der Waals surface area contributed by atoms with Crippen molar-refractivity contribution < 1.29 is 4.79 Å². The molecule has 2 atom stereocenters. The third-order valence-corrected chi connectivity index (χ3v) is 5.21. The molecule has 1 aliphatic rings. The maximum atomic E-state index is 12.7. The standard InChI is InChI=1S/C16H21N5OS.2ClH/c1-11-12(2)21(8-7-17-11)15(22)14-5-3-13(4-6-14)9-23-16-18-10-19-20-16;;/h3-6,10-12,17H,7-9H2,1-2H3,(H,18,19,20);2*1H. The Bertz CT molecular complexity index is 653. The Morgan fingerprint density at radius 3 is 2.64 bits per heavy atom. The zero-order valence-corrected chi connectivity index (χ0v) is 16.6. The number of nitrogens with zero attached hydrogens (tertiary/aromatic N) is 3. The van der Waals surface area contributed by atoms with E-state index in [4.69, 9.17) is 0 Å². The summed E-state index contributed by atoms with van der Waals surface area (Å²) in [6.45, 7) is 5.82. The van der Waals surface area contributed by atoms with E-state index in [-0.39, 0.29) is 36.8 Å². The van der Waals surface area contributed by atoms with Crippen LogP contribution in [0, 0.1) is 0 Å². The van der Waals surface area contributed by atoms with Crippen molar-refractivity contribution in [1.82, 2.24) is 25.4 Å². The predicted octanol–water partition coefficient (Wildman–Crippen LogP) is 2.76. The van der Waals surface area contributed by atoms with Crippen LogP contribution < -0.4 is 5.32 Å². The van der Waals surface area contributed by atoms with Gasteiger partial charge in [0.15, 0.2) is 5.16 Å². The number of thioether (sulfide) groups is 1. The molecule has 0 spiro atoms. The first-order valence-electron chi connectivity index (χ1n) is 7.76. The molecular formula is C16H23Cl2N5OS. The molecule has 0 bridgehead atoms. The lowest BCUT2D eigenvalue weighted by Crippen LogP contribution is -2.57. The number of amides is 1. The quantitative estimate of drug-likeness (QED) is 0.767. The second kappa shape index (κ2) is 10.0. The average Bonchev–Trinajstić information content (AvgIpc) is 3.09. The van der Waals surface area contributed by atoms with E-state index >= 15 is 0 Å². The molecule has 1 aliphatic heterocycles. The maximum absolute atomic E-state index is 12.7. The van der Waals surface area contributed by atoms with Gasteiger partial charge >= 0.3 is 0 Å². The molecular weight excluding hydrogens is 381 g/mol. The number of H-pyrrole nitrogens is 1. The molecule has 9 heteroatoms. The van der Waals surface area contributed by atoms with Crippen molar-refractivity contribution >= 4 is 42.5 Å². The normalized spacial score (nSPS) is 19.7. The minimum atomic E-state index is 0. The first kappa shape index (κ1) is 21.8. The van der Waals surface area contributed by atoms with Gasteiger partial charge in [-0.05, 0) is 31.5 Å². The number of benzene rings is 1. The Kier molecular flexibility index (Phi) is 8.71. The summed E-state index contributed by atoms with van der Waals surface area (Å²) in [7, 11) is 0. The molecule has 0 aliphatic carbocycles. The van der Waals surface area contributed by atoms with E-state index in [1.807, 2.05) is 29.2 Å². The minimum Gasteiger partial charge on any atom is -0.333 e. The van der Waals surface area contributed by atoms with E-state index in [1.165, 1.54) is 6.33 Å². The highest BCUT2D eigenvalue weighted by molar-refractivity contribution is 7.98. The second-order valence-electron chi connectivity index (χ2n) is 5.76. The highest BCUT2D eigenvalue weighted by atomic mass is 35.5. The predicted molar refractivity (Wildman–Crippen MR) is 105 cm³/mol. The molecule has 2 N–H and O–H groups in total. The SMILES string of the molecule is CC1NCCN(C(=O)c2ccc(CSc3ncn[nH]3)cc2)C1C.Cl.Cl. The lowest BCUT2D eigenvalue weighted by Gasteiger charge is -2.38. The van der Waals surface area contributed by atoms with Crippen LogP contribution in [0.15, 0.2) is 35.7 Å². The Hall–Kier alpha value is -1.28.